The molecule has 128 valence electrons. The Hall–Kier alpha value is -1.96. The average Bonchev–Trinajstić information content (AvgIpc) is 2.53. The number of hydrogen-bond donors (Lipinski definition) is 1. The quantitative estimate of drug-likeness (QED) is 0.819. The third kappa shape index (κ3) is 3.75. The number of ether oxygens (including phenoxy) is 1. The third-order valence-electron chi connectivity index (χ3n) is 3.11. The van der Waals surface area contributed by atoms with Gasteiger partial charge >= 0.3 is 5.97 Å². The molecule has 0 aliphatic carbocycles. The van der Waals surface area contributed by atoms with Crippen molar-refractivity contribution in [3.05, 3.63) is 52.5 Å². The number of carbonyl (C=O) groups is 1. The monoisotopic (exact) mass is 389 g/mol. The van der Waals surface area contributed by atoms with E-state index in [-0.39, 0.29) is 20.6 Å². The highest BCUT2D eigenvalue weighted by Crippen LogP contribution is 2.33. The van der Waals surface area contributed by atoms with Crippen LogP contribution in [0, 0.1) is 0 Å². The van der Waals surface area contributed by atoms with E-state index in [2.05, 4.69) is 0 Å². The second kappa shape index (κ2) is 7.29. The average molecular weight is 390 g/mol. The third-order valence-corrected chi connectivity index (χ3v) is 5.48. The van der Waals surface area contributed by atoms with E-state index in [1.807, 2.05) is 0 Å². The van der Waals surface area contributed by atoms with Gasteiger partial charge in [0.15, 0.2) is 0 Å². The van der Waals surface area contributed by atoms with Gasteiger partial charge in [0, 0.05) is 0 Å². The summed E-state index contributed by atoms with van der Waals surface area (Å²) >= 11 is 12.0. The number of hydrogen-bond acceptors (Lipinski definition) is 4. The van der Waals surface area contributed by atoms with Crippen molar-refractivity contribution in [2.75, 3.05) is 18.0 Å². The lowest BCUT2D eigenvalue weighted by Gasteiger charge is -2.23. The molecule has 0 saturated carbocycles. The molecule has 0 aromatic heterocycles. The number of halogens is 2. The van der Waals surface area contributed by atoms with Crippen LogP contribution in [-0.4, -0.2) is 33.1 Å². The summed E-state index contributed by atoms with van der Waals surface area (Å²) in [5, 5.41) is 9.29. The number of nitrogens with zero attached hydrogens (tertiary/aromatic N) is 1. The van der Waals surface area contributed by atoms with Crippen molar-refractivity contribution in [2.24, 2.45) is 0 Å². The topological polar surface area (TPSA) is 83.9 Å². The molecule has 0 fully saturated rings. The van der Waals surface area contributed by atoms with Crippen molar-refractivity contribution in [1.82, 2.24) is 0 Å². The molecule has 2 aromatic carbocycles. The summed E-state index contributed by atoms with van der Waals surface area (Å²) in [6.07, 6.45) is 0. The Kier molecular flexibility index (Phi) is 5.58. The minimum absolute atomic E-state index is 0.0634. The van der Waals surface area contributed by atoms with Gasteiger partial charge < -0.3 is 9.84 Å². The predicted molar refractivity (Wildman–Crippen MR) is 91.6 cm³/mol. The molecular weight excluding hydrogens is 377 g/mol. The maximum absolute atomic E-state index is 12.9. The van der Waals surface area contributed by atoms with Crippen LogP contribution >= 0.6 is 23.2 Å². The first-order valence-electron chi connectivity index (χ1n) is 6.60. The largest absolute Gasteiger partial charge is 0.495 e. The van der Waals surface area contributed by atoms with Gasteiger partial charge in [-0.1, -0.05) is 35.3 Å². The number of rotatable bonds is 6. The first-order valence-corrected chi connectivity index (χ1v) is 8.79. The van der Waals surface area contributed by atoms with Gasteiger partial charge in [-0.3, -0.25) is 9.10 Å². The number of benzene rings is 2. The SMILES string of the molecule is COc1ccc(S(=O)(=O)N(CC(=O)O)c2ccccc2Cl)cc1Cl. The van der Waals surface area contributed by atoms with E-state index < -0.39 is 22.5 Å². The second-order valence-corrected chi connectivity index (χ2v) is 7.33. The van der Waals surface area contributed by atoms with Gasteiger partial charge in [-0.05, 0) is 30.3 Å². The number of carboxylic acids is 1. The van der Waals surface area contributed by atoms with Gasteiger partial charge in [0.2, 0.25) is 0 Å². The zero-order chi connectivity index (χ0) is 17.9. The molecule has 0 unspecified atom stereocenters. The summed E-state index contributed by atoms with van der Waals surface area (Å²) in [5.74, 6) is -1.02. The number of anilines is 1. The van der Waals surface area contributed by atoms with Crippen LogP contribution in [0.2, 0.25) is 10.0 Å². The second-order valence-electron chi connectivity index (χ2n) is 4.65. The highest BCUT2D eigenvalue weighted by molar-refractivity contribution is 7.92. The van der Waals surface area contributed by atoms with Crippen molar-refractivity contribution < 1.29 is 23.1 Å². The molecule has 0 saturated heterocycles. The molecule has 2 aromatic rings. The van der Waals surface area contributed by atoms with Crippen molar-refractivity contribution in [1.29, 1.82) is 0 Å². The molecule has 0 amide bonds. The zero-order valence-electron chi connectivity index (χ0n) is 12.4. The summed E-state index contributed by atoms with van der Waals surface area (Å²) in [7, 11) is -2.79. The summed E-state index contributed by atoms with van der Waals surface area (Å²) in [6.45, 7) is -0.782. The maximum Gasteiger partial charge on any atom is 0.324 e. The molecule has 2 rings (SSSR count). The van der Waals surface area contributed by atoms with Crippen LogP contribution in [-0.2, 0) is 14.8 Å². The molecule has 1 N–H and O–H groups in total. The van der Waals surface area contributed by atoms with E-state index >= 15 is 0 Å². The number of methoxy groups -OCH3 is 1. The number of aliphatic carboxylic acids is 1. The Morgan fingerprint density at radius 1 is 1.17 bits per heavy atom. The van der Waals surface area contributed by atoms with Crippen LogP contribution in [0.5, 0.6) is 5.75 Å². The summed E-state index contributed by atoms with van der Waals surface area (Å²) in [5.41, 5.74) is 0.0634. The predicted octanol–water partition coefficient (Wildman–Crippen LogP) is 3.28. The number of para-hydroxylation sites is 1. The van der Waals surface area contributed by atoms with Gasteiger partial charge in [0.05, 0.1) is 27.7 Å². The minimum Gasteiger partial charge on any atom is -0.495 e. The van der Waals surface area contributed by atoms with E-state index in [9.17, 15) is 13.2 Å². The molecule has 0 aliphatic heterocycles. The summed E-state index contributed by atoms with van der Waals surface area (Å²) in [4.78, 5) is 11.0. The molecule has 0 bridgehead atoms. The molecule has 24 heavy (non-hydrogen) atoms. The van der Waals surface area contributed by atoms with Crippen molar-refractivity contribution in [3.63, 3.8) is 0 Å². The Balaban J connectivity index is 2.58. The molecule has 0 heterocycles. The fourth-order valence-corrected chi connectivity index (χ4v) is 4.08. The van der Waals surface area contributed by atoms with Crippen LogP contribution in [0.15, 0.2) is 47.4 Å². The molecule has 6 nitrogen and oxygen atoms in total. The van der Waals surface area contributed by atoms with Crippen molar-refractivity contribution >= 4 is 44.9 Å². The molecule has 0 radical (unpaired) electrons. The fourth-order valence-electron chi connectivity index (χ4n) is 2.01. The van der Waals surface area contributed by atoms with E-state index in [1.165, 1.54) is 37.4 Å². The molecule has 0 aliphatic rings. The Bertz CT molecular complexity index is 870. The van der Waals surface area contributed by atoms with Crippen LogP contribution in [0.3, 0.4) is 0 Å². The Labute approximate surface area is 149 Å². The van der Waals surface area contributed by atoms with Crippen LogP contribution in [0.4, 0.5) is 5.69 Å². The van der Waals surface area contributed by atoms with E-state index in [0.717, 1.165) is 4.31 Å². The molecule has 9 heteroatoms. The highest BCUT2D eigenvalue weighted by atomic mass is 35.5. The number of carboxylic acid groups (broad SMARTS) is 1. The van der Waals surface area contributed by atoms with Gasteiger partial charge in [-0.15, -0.1) is 0 Å². The lowest BCUT2D eigenvalue weighted by atomic mass is 10.3. The van der Waals surface area contributed by atoms with E-state index in [4.69, 9.17) is 33.0 Å². The highest BCUT2D eigenvalue weighted by Gasteiger charge is 2.29. The van der Waals surface area contributed by atoms with Gasteiger partial charge in [0.1, 0.15) is 12.3 Å². The molecule has 0 spiro atoms. The minimum atomic E-state index is -4.19. The lowest BCUT2D eigenvalue weighted by Crippen LogP contribution is -2.36. The van der Waals surface area contributed by atoms with Crippen LogP contribution in [0.1, 0.15) is 0 Å². The number of sulfonamides is 1. The van der Waals surface area contributed by atoms with Crippen molar-refractivity contribution in [3.8, 4) is 5.75 Å². The lowest BCUT2D eigenvalue weighted by molar-refractivity contribution is -0.135. The normalized spacial score (nSPS) is 11.1. The first-order chi connectivity index (χ1) is 11.3. The summed E-state index contributed by atoms with van der Waals surface area (Å²) < 4.78 is 31.5. The van der Waals surface area contributed by atoms with Crippen LogP contribution in [0.25, 0.3) is 0 Å². The molecular formula is C15H13Cl2NO5S. The first kappa shape index (κ1) is 18.4. The smallest absolute Gasteiger partial charge is 0.324 e. The van der Waals surface area contributed by atoms with Gasteiger partial charge in [0.25, 0.3) is 10.0 Å². The van der Waals surface area contributed by atoms with E-state index in [1.54, 1.807) is 12.1 Å². The van der Waals surface area contributed by atoms with Gasteiger partial charge in [-0.25, -0.2) is 8.42 Å². The van der Waals surface area contributed by atoms with Gasteiger partial charge in [-0.2, -0.15) is 0 Å². The zero-order valence-corrected chi connectivity index (χ0v) is 14.8. The maximum atomic E-state index is 12.9. The Morgan fingerprint density at radius 2 is 1.83 bits per heavy atom. The van der Waals surface area contributed by atoms with E-state index in [0.29, 0.717) is 5.75 Å². The Morgan fingerprint density at radius 3 is 2.38 bits per heavy atom. The standard InChI is InChI=1S/C15H13Cl2NO5S/c1-23-14-7-6-10(8-12(14)17)24(21,22)18(9-15(19)20)13-5-3-2-4-11(13)16/h2-8H,9H2,1H3,(H,19,20). The van der Waals surface area contributed by atoms with Crippen molar-refractivity contribution in [2.45, 2.75) is 4.90 Å². The fraction of sp³-hybridized carbons (Fsp3) is 0.133. The molecule has 0 atom stereocenters. The van der Waals surface area contributed by atoms with Crippen LogP contribution < -0.4 is 9.04 Å². The summed E-state index contributed by atoms with van der Waals surface area (Å²) in [6, 6.07) is 9.94.